The first-order chi connectivity index (χ1) is 7.77. The van der Waals surface area contributed by atoms with Gasteiger partial charge < -0.3 is 4.74 Å². The Morgan fingerprint density at radius 1 is 1.44 bits per heavy atom. The van der Waals surface area contributed by atoms with E-state index >= 15 is 0 Å². The fourth-order valence-corrected chi connectivity index (χ4v) is 2.42. The normalized spacial score (nSPS) is 12.7. The lowest BCUT2D eigenvalue weighted by Gasteiger charge is -2.14. The molecular formula is C13H18BrClO. The summed E-state index contributed by atoms with van der Waals surface area (Å²) in [6.07, 6.45) is 2.15. The zero-order chi connectivity index (χ0) is 11.8. The lowest BCUT2D eigenvalue weighted by molar-refractivity contribution is 0.142. The lowest BCUT2D eigenvalue weighted by Crippen LogP contribution is -2.03. The molecule has 0 aromatic heterocycles. The molecule has 0 aliphatic rings. The minimum atomic E-state index is 0.430. The maximum Gasteiger partial charge on any atom is 0.0466 e. The van der Waals surface area contributed by atoms with Gasteiger partial charge in [0.2, 0.25) is 0 Å². The molecule has 0 radical (unpaired) electrons. The zero-order valence-corrected chi connectivity index (χ0v) is 11.9. The average Bonchev–Trinajstić information content (AvgIpc) is 2.29. The first kappa shape index (κ1) is 14.0. The van der Waals surface area contributed by atoms with Gasteiger partial charge in [-0.05, 0) is 43.4 Å². The third kappa shape index (κ3) is 4.86. The van der Waals surface area contributed by atoms with Crippen LogP contribution in [-0.4, -0.2) is 19.1 Å². The maximum absolute atomic E-state index is 6.01. The van der Waals surface area contributed by atoms with Gasteiger partial charge in [0, 0.05) is 23.6 Å². The second-order valence-electron chi connectivity index (χ2n) is 3.75. The van der Waals surface area contributed by atoms with Crippen molar-refractivity contribution in [3.8, 4) is 0 Å². The predicted octanol–water partition coefficient (Wildman–Crippen LogP) is 4.59. The van der Waals surface area contributed by atoms with Crippen LogP contribution in [0.3, 0.4) is 0 Å². The molecule has 0 aliphatic heterocycles. The van der Waals surface area contributed by atoms with Crippen molar-refractivity contribution in [1.82, 2.24) is 0 Å². The van der Waals surface area contributed by atoms with E-state index in [4.69, 9.17) is 16.3 Å². The molecular weight excluding hydrogens is 287 g/mol. The van der Waals surface area contributed by atoms with Gasteiger partial charge in [0.25, 0.3) is 0 Å². The summed E-state index contributed by atoms with van der Waals surface area (Å²) in [7, 11) is 0. The molecule has 0 bridgehead atoms. The fraction of sp³-hybridized carbons (Fsp3) is 0.538. The molecule has 0 saturated heterocycles. The maximum atomic E-state index is 6.01. The molecule has 1 nitrogen and oxygen atoms in total. The molecule has 1 aromatic carbocycles. The number of rotatable bonds is 7. The number of alkyl halides is 1. The number of hydrogen-bond donors (Lipinski definition) is 0. The minimum Gasteiger partial charge on any atom is -0.382 e. The third-order valence-corrected chi connectivity index (χ3v) is 3.42. The minimum absolute atomic E-state index is 0.430. The number of halogens is 2. The van der Waals surface area contributed by atoms with Crippen LogP contribution >= 0.6 is 27.5 Å². The van der Waals surface area contributed by atoms with Gasteiger partial charge >= 0.3 is 0 Å². The highest BCUT2D eigenvalue weighted by Gasteiger charge is 2.10. The Labute approximate surface area is 111 Å². The summed E-state index contributed by atoms with van der Waals surface area (Å²) in [5, 5.41) is 0. The van der Waals surface area contributed by atoms with Crippen molar-refractivity contribution in [2.75, 3.05) is 19.1 Å². The van der Waals surface area contributed by atoms with Gasteiger partial charge in [-0.2, -0.15) is 0 Å². The Morgan fingerprint density at radius 3 is 2.88 bits per heavy atom. The van der Waals surface area contributed by atoms with E-state index < -0.39 is 0 Å². The molecule has 0 amide bonds. The van der Waals surface area contributed by atoms with Crippen molar-refractivity contribution in [1.29, 1.82) is 0 Å². The summed E-state index contributed by atoms with van der Waals surface area (Å²) in [6, 6.07) is 8.38. The fourth-order valence-electron chi connectivity index (χ4n) is 1.67. The van der Waals surface area contributed by atoms with E-state index in [2.05, 4.69) is 34.1 Å². The second kappa shape index (κ2) is 8.10. The molecule has 0 spiro atoms. The molecule has 1 atom stereocenters. The molecule has 90 valence electrons. The van der Waals surface area contributed by atoms with Crippen LogP contribution in [0.15, 0.2) is 28.7 Å². The number of benzene rings is 1. The van der Waals surface area contributed by atoms with E-state index in [9.17, 15) is 0 Å². The summed E-state index contributed by atoms with van der Waals surface area (Å²) >= 11 is 9.50. The topological polar surface area (TPSA) is 9.23 Å². The van der Waals surface area contributed by atoms with E-state index in [-0.39, 0.29) is 0 Å². The second-order valence-corrected chi connectivity index (χ2v) is 4.97. The van der Waals surface area contributed by atoms with Crippen molar-refractivity contribution in [2.45, 2.75) is 25.7 Å². The summed E-state index contributed by atoms with van der Waals surface area (Å²) < 4.78 is 6.45. The number of hydrogen-bond acceptors (Lipinski definition) is 1. The molecule has 1 rings (SSSR count). The van der Waals surface area contributed by atoms with Crippen LogP contribution in [0.5, 0.6) is 0 Å². The molecule has 16 heavy (non-hydrogen) atoms. The highest BCUT2D eigenvalue weighted by Crippen LogP contribution is 2.25. The number of ether oxygens (including phenoxy) is 1. The van der Waals surface area contributed by atoms with Gasteiger partial charge in [-0.1, -0.05) is 28.1 Å². The third-order valence-electron chi connectivity index (χ3n) is 2.55. The summed E-state index contributed by atoms with van der Waals surface area (Å²) in [6.45, 7) is 3.65. The summed E-state index contributed by atoms with van der Waals surface area (Å²) in [4.78, 5) is 0. The van der Waals surface area contributed by atoms with E-state index in [0.717, 1.165) is 30.5 Å². The van der Waals surface area contributed by atoms with Crippen LogP contribution in [0.25, 0.3) is 0 Å². The van der Waals surface area contributed by atoms with E-state index in [1.54, 1.807) is 0 Å². The largest absolute Gasteiger partial charge is 0.382 e. The van der Waals surface area contributed by atoms with E-state index in [1.165, 1.54) is 5.56 Å². The Kier molecular flexibility index (Phi) is 7.10. The molecule has 0 N–H and O–H groups in total. The van der Waals surface area contributed by atoms with E-state index in [1.807, 2.05) is 13.0 Å². The van der Waals surface area contributed by atoms with Crippen molar-refractivity contribution >= 4 is 27.5 Å². The van der Waals surface area contributed by atoms with Gasteiger partial charge in [-0.15, -0.1) is 11.6 Å². The van der Waals surface area contributed by atoms with Crippen LogP contribution in [0.1, 0.15) is 31.2 Å². The molecule has 0 heterocycles. The summed E-state index contributed by atoms with van der Waals surface area (Å²) in [5.41, 5.74) is 1.31. The van der Waals surface area contributed by atoms with E-state index in [0.29, 0.717) is 11.8 Å². The molecule has 0 aliphatic carbocycles. The summed E-state index contributed by atoms with van der Waals surface area (Å²) in [5.74, 6) is 1.10. The van der Waals surface area contributed by atoms with Gasteiger partial charge in [-0.3, -0.25) is 0 Å². The van der Waals surface area contributed by atoms with Crippen LogP contribution in [0.4, 0.5) is 0 Å². The smallest absolute Gasteiger partial charge is 0.0466 e. The Hall–Kier alpha value is -0.0500. The van der Waals surface area contributed by atoms with Crippen molar-refractivity contribution in [2.24, 2.45) is 0 Å². The Balaban J connectivity index is 2.47. The van der Waals surface area contributed by atoms with Crippen molar-refractivity contribution in [3.63, 3.8) is 0 Å². The SMILES string of the molecule is CCOCCCC(CCl)c1cccc(Br)c1. The Bertz CT molecular complexity index is 304. The van der Waals surface area contributed by atoms with Gasteiger partial charge in [0.15, 0.2) is 0 Å². The van der Waals surface area contributed by atoms with Crippen LogP contribution in [0, 0.1) is 0 Å². The zero-order valence-electron chi connectivity index (χ0n) is 9.59. The quantitative estimate of drug-likeness (QED) is 0.529. The Morgan fingerprint density at radius 2 is 2.25 bits per heavy atom. The van der Waals surface area contributed by atoms with Crippen LogP contribution in [-0.2, 0) is 4.74 Å². The van der Waals surface area contributed by atoms with Gasteiger partial charge in [0.1, 0.15) is 0 Å². The average molecular weight is 306 g/mol. The first-order valence-corrected chi connectivity index (χ1v) is 6.99. The standard InChI is InChI=1S/C13H18BrClO/c1-2-16-8-4-6-12(10-15)11-5-3-7-13(14)9-11/h3,5,7,9,12H,2,4,6,8,10H2,1H3. The molecule has 3 heteroatoms. The first-order valence-electron chi connectivity index (χ1n) is 5.67. The van der Waals surface area contributed by atoms with Crippen LogP contribution < -0.4 is 0 Å². The van der Waals surface area contributed by atoms with Gasteiger partial charge in [-0.25, -0.2) is 0 Å². The monoisotopic (exact) mass is 304 g/mol. The van der Waals surface area contributed by atoms with Crippen LogP contribution in [0.2, 0.25) is 0 Å². The highest BCUT2D eigenvalue weighted by atomic mass is 79.9. The van der Waals surface area contributed by atoms with Crippen molar-refractivity contribution in [3.05, 3.63) is 34.3 Å². The lowest BCUT2D eigenvalue weighted by atomic mass is 9.96. The molecule has 0 saturated carbocycles. The highest BCUT2D eigenvalue weighted by molar-refractivity contribution is 9.10. The molecule has 0 fully saturated rings. The van der Waals surface area contributed by atoms with Crippen molar-refractivity contribution < 1.29 is 4.74 Å². The molecule has 1 unspecified atom stereocenters. The predicted molar refractivity (Wildman–Crippen MR) is 73.3 cm³/mol. The van der Waals surface area contributed by atoms with Gasteiger partial charge in [0.05, 0.1) is 0 Å². The molecule has 1 aromatic rings.